The van der Waals surface area contributed by atoms with Crippen LogP contribution < -0.4 is 26.4 Å². The summed E-state index contributed by atoms with van der Waals surface area (Å²) >= 11 is 0. The summed E-state index contributed by atoms with van der Waals surface area (Å²) in [4.78, 5) is 95.2. The van der Waals surface area contributed by atoms with Gasteiger partial charge in [-0.1, -0.05) is 25.7 Å². The standard InChI is InChI=1S/C45H72N4O15/c1-33(50)35(30-39(52)45(2,3)46)12-8-9-21-47-42(55)32-63-29-26-60-23-11-13-36(51)31-62-28-27-61-25-22-48-40(53)20-19-38(44(58)59)49-41(54)14-7-5-4-6-10-24-64-37-17-15-34(16-18-37)43(56)57/h15-18,35,38H,4-14,19-32,46H2,1-3H3,(H,47,55)(H,48,53)(H,49,54)(H,56,57)(H,58,59)/t35-,38+/m1/s1. The van der Waals surface area contributed by atoms with Gasteiger partial charge in [-0.25, -0.2) is 9.59 Å². The van der Waals surface area contributed by atoms with Gasteiger partial charge in [0.1, 0.15) is 30.8 Å². The van der Waals surface area contributed by atoms with Crippen LogP contribution >= 0.6 is 0 Å². The van der Waals surface area contributed by atoms with Crippen LogP contribution in [0.1, 0.15) is 121 Å². The zero-order valence-electron chi connectivity index (χ0n) is 37.9. The number of amides is 3. The molecule has 0 radical (unpaired) electrons. The predicted octanol–water partition coefficient (Wildman–Crippen LogP) is 3.17. The molecule has 0 aliphatic rings. The van der Waals surface area contributed by atoms with Crippen LogP contribution in [0.15, 0.2) is 24.3 Å². The fraction of sp³-hybridized carbons (Fsp3) is 0.689. The van der Waals surface area contributed by atoms with Crippen molar-refractivity contribution in [3.8, 4) is 5.75 Å². The van der Waals surface area contributed by atoms with E-state index in [-0.39, 0.29) is 126 Å². The topological polar surface area (TPSA) is 285 Å². The molecule has 0 saturated carbocycles. The number of ether oxygens (including phenoxy) is 5. The van der Waals surface area contributed by atoms with Crippen molar-refractivity contribution in [3.63, 3.8) is 0 Å². The number of carbonyl (C=O) groups excluding carboxylic acids is 6. The number of ketones is 3. The lowest BCUT2D eigenvalue weighted by molar-refractivity contribution is -0.142. The number of carboxylic acids is 2. The number of unbranched alkanes of at least 4 members (excludes halogenated alkanes) is 5. The summed E-state index contributed by atoms with van der Waals surface area (Å²) in [6.07, 6.45) is 6.72. The Morgan fingerprint density at radius 1 is 0.625 bits per heavy atom. The summed E-state index contributed by atoms with van der Waals surface area (Å²) in [7, 11) is 0. The molecule has 7 N–H and O–H groups in total. The monoisotopic (exact) mass is 908 g/mol. The fourth-order valence-corrected chi connectivity index (χ4v) is 5.92. The lowest BCUT2D eigenvalue weighted by Gasteiger charge is -2.20. The summed E-state index contributed by atoms with van der Waals surface area (Å²) in [5, 5.41) is 26.3. The molecule has 0 aromatic heterocycles. The first-order valence-electron chi connectivity index (χ1n) is 22.2. The largest absolute Gasteiger partial charge is 0.494 e. The molecule has 19 heteroatoms. The molecule has 2 atom stereocenters. The van der Waals surface area contributed by atoms with E-state index in [1.54, 1.807) is 26.0 Å². The molecule has 0 saturated heterocycles. The number of carboxylic acid groups (broad SMARTS) is 2. The fourth-order valence-electron chi connectivity index (χ4n) is 5.92. The number of carbonyl (C=O) groups is 8. The number of nitrogens with one attached hydrogen (secondary N) is 3. The Morgan fingerprint density at radius 2 is 1.25 bits per heavy atom. The van der Waals surface area contributed by atoms with Crippen LogP contribution in [0.2, 0.25) is 0 Å². The van der Waals surface area contributed by atoms with E-state index < -0.39 is 29.4 Å². The van der Waals surface area contributed by atoms with Gasteiger partial charge in [0.2, 0.25) is 17.7 Å². The first kappa shape index (κ1) is 57.2. The molecule has 0 aliphatic carbocycles. The highest BCUT2D eigenvalue weighted by atomic mass is 16.5. The Balaban J connectivity index is 1.96. The van der Waals surface area contributed by atoms with E-state index >= 15 is 0 Å². The van der Waals surface area contributed by atoms with E-state index in [2.05, 4.69) is 16.0 Å². The van der Waals surface area contributed by atoms with Crippen molar-refractivity contribution in [1.82, 2.24) is 16.0 Å². The number of hydrogen-bond acceptors (Lipinski definition) is 14. The van der Waals surface area contributed by atoms with Gasteiger partial charge in [0, 0.05) is 51.3 Å². The second kappa shape index (κ2) is 34.6. The van der Waals surface area contributed by atoms with E-state index in [1.807, 2.05) is 0 Å². The molecule has 0 heterocycles. The minimum absolute atomic E-state index is 0.0463. The molecule has 1 rings (SSSR count). The zero-order chi connectivity index (χ0) is 47.6. The van der Waals surface area contributed by atoms with Crippen molar-refractivity contribution in [1.29, 1.82) is 0 Å². The molecule has 0 unspecified atom stereocenters. The van der Waals surface area contributed by atoms with Gasteiger partial charge in [-0.2, -0.15) is 0 Å². The molecule has 1 aromatic rings. The molecular weight excluding hydrogens is 837 g/mol. The zero-order valence-corrected chi connectivity index (χ0v) is 37.9. The molecule has 0 fully saturated rings. The normalized spacial score (nSPS) is 12.2. The Hall–Kier alpha value is -4.82. The second-order valence-corrected chi connectivity index (χ2v) is 16.0. The van der Waals surface area contributed by atoms with Gasteiger partial charge in [-0.05, 0) is 83.6 Å². The number of benzene rings is 1. The Morgan fingerprint density at radius 3 is 1.91 bits per heavy atom. The highest BCUT2D eigenvalue weighted by Gasteiger charge is 2.27. The van der Waals surface area contributed by atoms with Crippen molar-refractivity contribution < 1.29 is 72.3 Å². The minimum atomic E-state index is -1.22. The third kappa shape index (κ3) is 30.3. The van der Waals surface area contributed by atoms with Crippen molar-refractivity contribution in [2.24, 2.45) is 11.7 Å². The van der Waals surface area contributed by atoms with E-state index in [0.717, 1.165) is 25.7 Å². The maximum atomic E-state index is 12.3. The highest BCUT2D eigenvalue weighted by molar-refractivity contribution is 5.92. The number of rotatable bonds is 41. The van der Waals surface area contributed by atoms with Crippen molar-refractivity contribution in [3.05, 3.63) is 29.8 Å². The lowest BCUT2D eigenvalue weighted by Crippen LogP contribution is -2.42. The molecule has 362 valence electrons. The smallest absolute Gasteiger partial charge is 0.335 e. The molecule has 0 aliphatic heterocycles. The maximum absolute atomic E-state index is 12.3. The van der Waals surface area contributed by atoms with Gasteiger partial charge in [0.05, 0.1) is 50.7 Å². The van der Waals surface area contributed by atoms with Crippen molar-refractivity contribution >= 4 is 47.0 Å². The summed E-state index contributed by atoms with van der Waals surface area (Å²) in [5.74, 6) is -3.32. The van der Waals surface area contributed by atoms with E-state index in [0.29, 0.717) is 57.6 Å². The van der Waals surface area contributed by atoms with Crippen LogP contribution in [0.5, 0.6) is 5.75 Å². The number of nitrogens with two attached hydrogens (primary N) is 1. The number of hydrogen-bond donors (Lipinski definition) is 6. The van der Waals surface area contributed by atoms with Crippen LogP contribution in [0.25, 0.3) is 0 Å². The third-order valence-corrected chi connectivity index (χ3v) is 9.79. The average Bonchev–Trinajstić information content (AvgIpc) is 3.24. The summed E-state index contributed by atoms with van der Waals surface area (Å²) in [5.41, 5.74) is 5.05. The molecular formula is C45H72N4O15. The Bertz CT molecular complexity index is 1570. The molecule has 64 heavy (non-hydrogen) atoms. The van der Waals surface area contributed by atoms with Crippen LogP contribution in [-0.2, 0) is 52.5 Å². The number of aromatic carboxylic acids is 1. The molecule has 3 amide bonds. The van der Waals surface area contributed by atoms with Crippen LogP contribution in [-0.4, -0.2) is 141 Å². The summed E-state index contributed by atoms with van der Waals surface area (Å²) in [6.45, 7) is 7.03. The number of aliphatic carboxylic acids is 1. The van der Waals surface area contributed by atoms with Gasteiger partial charge in [-0.15, -0.1) is 0 Å². The Labute approximate surface area is 376 Å². The second-order valence-electron chi connectivity index (χ2n) is 16.0. The van der Waals surface area contributed by atoms with Gasteiger partial charge in [0.25, 0.3) is 0 Å². The lowest BCUT2D eigenvalue weighted by atomic mass is 9.87. The molecule has 0 spiro atoms. The van der Waals surface area contributed by atoms with Crippen LogP contribution in [0, 0.1) is 5.92 Å². The van der Waals surface area contributed by atoms with E-state index in [9.17, 15) is 43.5 Å². The molecule has 19 nitrogen and oxygen atoms in total. The quantitative estimate of drug-likeness (QED) is 0.0515. The maximum Gasteiger partial charge on any atom is 0.335 e. The average molecular weight is 909 g/mol. The Kier molecular flexibility index (Phi) is 30.9. The first-order chi connectivity index (χ1) is 30.5. The van der Waals surface area contributed by atoms with E-state index in [1.165, 1.54) is 19.1 Å². The molecule has 1 aromatic carbocycles. The van der Waals surface area contributed by atoms with E-state index in [4.69, 9.17) is 34.5 Å². The minimum Gasteiger partial charge on any atom is -0.494 e. The predicted molar refractivity (Wildman–Crippen MR) is 235 cm³/mol. The van der Waals surface area contributed by atoms with Gasteiger partial charge in [0.15, 0.2) is 11.6 Å². The number of Topliss-reactive ketones (excluding diaryl/α,β-unsaturated/α-hetero) is 3. The SMILES string of the molecule is CC(=O)[C@H](CCCCNC(=O)COCCOCCCC(=O)COCCOCCNC(=O)CC[C@H](NC(=O)CCCCCCCOc1ccc(C(=O)O)cc1)C(=O)O)CC(=O)C(C)(C)N. The van der Waals surface area contributed by atoms with Crippen LogP contribution in [0.4, 0.5) is 0 Å². The van der Waals surface area contributed by atoms with Crippen molar-refractivity contribution in [2.75, 3.05) is 72.6 Å². The third-order valence-electron chi connectivity index (χ3n) is 9.79. The van der Waals surface area contributed by atoms with Gasteiger partial charge < -0.3 is 55.6 Å². The van der Waals surface area contributed by atoms with Crippen molar-refractivity contribution in [2.45, 2.75) is 122 Å². The first-order valence-corrected chi connectivity index (χ1v) is 22.2. The van der Waals surface area contributed by atoms with Gasteiger partial charge in [-0.3, -0.25) is 28.8 Å². The molecule has 0 bridgehead atoms. The highest BCUT2D eigenvalue weighted by Crippen LogP contribution is 2.18. The van der Waals surface area contributed by atoms with Gasteiger partial charge >= 0.3 is 11.9 Å². The summed E-state index contributed by atoms with van der Waals surface area (Å²) < 4.78 is 27.1. The summed E-state index contributed by atoms with van der Waals surface area (Å²) in [6, 6.07) is 5.00. The van der Waals surface area contributed by atoms with Crippen LogP contribution in [0.3, 0.4) is 0 Å².